The SMILES string of the molecule is CCCCCC(=O)N[C@@H](C)C(=O)N[C@@H](C)C(=O)N[C@@H](C)C(=O)O. The van der Waals surface area contributed by atoms with Gasteiger partial charge < -0.3 is 21.1 Å². The summed E-state index contributed by atoms with van der Waals surface area (Å²) in [6.45, 7) is 6.33. The highest BCUT2D eigenvalue weighted by Gasteiger charge is 2.23. The largest absolute Gasteiger partial charge is 0.480 e. The third-order valence-corrected chi connectivity index (χ3v) is 3.26. The minimum atomic E-state index is -1.16. The van der Waals surface area contributed by atoms with E-state index in [4.69, 9.17) is 5.11 Å². The minimum absolute atomic E-state index is 0.210. The van der Waals surface area contributed by atoms with Gasteiger partial charge in [-0.1, -0.05) is 19.8 Å². The number of carboxylic acids is 1. The number of hydrogen-bond acceptors (Lipinski definition) is 4. The normalized spacial score (nSPS) is 14.3. The van der Waals surface area contributed by atoms with Crippen LogP contribution in [0.1, 0.15) is 53.4 Å². The first-order valence-electron chi connectivity index (χ1n) is 7.81. The third-order valence-electron chi connectivity index (χ3n) is 3.26. The van der Waals surface area contributed by atoms with Gasteiger partial charge in [0.1, 0.15) is 18.1 Å². The van der Waals surface area contributed by atoms with Crippen LogP contribution in [0.25, 0.3) is 0 Å². The lowest BCUT2D eigenvalue weighted by molar-refractivity contribution is -0.141. The van der Waals surface area contributed by atoms with Crippen LogP contribution in [0.3, 0.4) is 0 Å². The lowest BCUT2D eigenvalue weighted by Crippen LogP contribution is -2.53. The summed E-state index contributed by atoms with van der Waals surface area (Å²) in [5.41, 5.74) is 0. The van der Waals surface area contributed by atoms with Gasteiger partial charge in [-0.3, -0.25) is 19.2 Å². The van der Waals surface area contributed by atoms with Gasteiger partial charge in [-0.25, -0.2) is 0 Å². The average Bonchev–Trinajstić information content (AvgIpc) is 2.46. The quantitative estimate of drug-likeness (QED) is 0.425. The second kappa shape index (κ2) is 10.6. The number of aliphatic carboxylic acids is 1. The molecular weight excluding hydrogens is 302 g/mol. The summed E-state index contributed by atoms with van der Waals surface area (Å²) in [7, 11) is 0. The number of nitrogens with one attached hydrogen (secondary N) is 3. The van der Waals surface area contributed by atoms with E-state index in [1.807, 2.05) is 6.92 Å². The van der Waals surface area contributed by atoms with E-state index in [1.165, 1.54) is 20.8 Å². The van der Waals surface area contributed by atoms with Gasteiger partial charge in [0.15, 0.2) is 0 Å². The molecular formula is C15H27N3O5. The summed E-state index contributed by atoms with van der Waals surface area (Å²) in [6.07, 6.45) is 3.08. The smallest absolute Gasteiger partial charge is 0.325 e. The molecule has 3 atom stereocenters. The molecule has 0 heterocycles. The Morgan fingerprint density at radius 2 is 1.30 bits per heavy atom. The van der Waals surface area contributed by atoms with Crippen molar-refractivity contribution in [3.05, 3.63) is 0 Å². The molecule has 8 nitrogen and oxygen atoms in total. The van der Waals surface area contributed by atoms with E-state index in [1.54, 1.807) is 0 Å². The number of rotatable bonds is 10. The fourth-order valence-corrected chi connectivity index (χ4v) is 1.72. The van der Waals surface area contributed by atoms with Gasteiger partial charge >= 0.3 is 5.97 Å². The van der Waals surface area contributed by atoms with Gasteiger partial charge in [-0.15, -0.1) is 0 Å². The Bertz CT molecular complexity index is 439. The summed E-state index contributed by atoms with van der Waals surface area (Å²) in [5, 5.41) is 16.0. The van der Waals surface area contributed by atoms with E-state index in [0.29, 0.717) is 6.42 Å². The van der Waals surface area contributed by atoms with Crippen LogP contribution < -0.4 is 16.0 Å². The average molecular weight is 329 g/mol. The molecule has 0 aromatic heterocycles. The van der Waals surface area contributed by atoms with Crippen LogP contribution in [0, 0.1) is 0 Å². The molecule has 0 aromatic carbocycles. The fourth-order valence-electron chi connectivity index (χ4n) is 1.72. The molecule has 8 heteroatoms. The lowest BCUT2D eigenvalue weighted by atomic mass is 10.2. The van der Waals surface area contributed by atoms with Crippen LogP contribution >= 0.6 is 0 Å². The molecule has 0 fully saturated rings. The zero-order chi connectivity index (χ0) is 18.0. The summed E-state index contributed by atoms with van der Waals surface area (Å²) < 4.78 is 0. The van der Waals surface area contributed by atoms with Crippen LogP contribution in [0.15, 0.2) is 0 Å². The number of amides is 3. The first-order valence-corrected chi connectivity index (χ1v) is 7.81. The van der Waals surface area contributed by atoms with Gasteiger partial charge in [0.25, 0.3) is 0 Å². The van der Waals surface area contributed by atoms with Crippen LogP contribution in [0.4, 0.5) is 0 Å². The van der Waals surface area contributed by atoms with Crippen molar-refractivity contribution in [3.8, 4) is 0 Å². The molecule has 0 aliphatic carbocycles. The van der Waals surface area contributed by atoms with Gasteiger partial charge in [-0.2, -0.15) is 0 Å². The molecule has 0 saturated carbocycles. The molecule has 23 heavy (non-hydrogen) atoms. The minimum Gasteiger partial charge on any atom is -0.480 e. The van der Waals surface area contributed by atoms with Crippen molar-refractivity contribution in [3.63, 3.8) is 0 Å². The Morgan fingerprint density at radius 1 is 0.826 bits per heavy atom. The summed E-state index contributed by atoms with van der Waals surface area (Å²) >= 11 is 0. The fraction of sp³-hybridized carbons (Fsp3) is 0.733. The summed E-state index contributed by atoms with van der Waals surface area (Å²) in [5.74, 6) is -2.48. The highest BCUT2D eigenvalue weighted by atomic mass is 16.4. The van der Waals surface area contributed by atoms with Gasteiger partial charge in [0.2, 0.25) is 17.7 Å². The van der Waals surface area contributed by atoms with Gasteiger partial charge in [0, 0.05) is 6.42 Å². The number of hydrogen-bond donors (Lipinski definition) is 4. The molecule has 4 N–H and O–H groups in total. The highest BCUT2D eigenvalue weighted by Crippen LogP contribution is 1.99. The number of carboxylic acid groups (broad SMARTS) is 1. The Balaban J connectivity index is 4.26. The molecule has 0 radical (unpaired) electrons. The molecule has 0 unspecified atom stereocenters. The van der Waals surface area contributed by atoms with Crippen molar-refractivity contribution in [2.24, 2.45) is 0 Å². The van der Waals surface area contributed by atoms with Crippen molar-refractivity contribution >= 4 is 23.7 Å². The first-order chi connectivity index (χ1) is 10.7. The number of carbonyl (C=O) groups excluding carboxylic acids is 3. The summed E-state index contributed by atoms with van der Waals surface area (Å²) in [4.78, 5) is 46.0. The van der Waals surface area contributed by atoms with E-state index in [2.05, 4.69) is 16.0 Å². The molecule has 0 saturated heterocycles. The van der Waals surface area contributed by atoms with E-state index >= 15 is 0 Å². The first kappa shape index (κ1) is 20.9. The maximum absolute atomic E-state index is 11.9. The Labute approximate surface area is 136 Å². The Morgan fingerprint density at radius 3 is 1.78 bits per heavy atom. The molecule has 0 aliphatic rings. The van der Waals surface area contributed by atoms with Gasteiger partial charge in [0.05, 0.1) is 0 Å². The Kier molecular flexibility index (Phi) is 9.60. The third kappa shape index (κ3) is 8.80. The molecule has 0 aromatic rings. The van der Waals surface area contributed by atoms with Crippen molar-refractivity contribution in [2.45, 2.75) is 71.5 Å². The predicted molar refractivity (Wildman–Crippen MR) is 84.6 cm³/mol. The zero-order valence-corrected chi connectivity index (χ0v) is 14.1. The summed E-state index contributed by atoms with van der Waals surface area (Å²) in [6, 6.07) is -2.71. The molecule has 0 aliphatic heterocycles. The molecule has 132 valence electrons. The van der Waals surface area contributed by atoms with Crippen LogP contribution in [0.2, 0.25) is 0 Å². The van der Waals surface area contributed by atoms with Crippen molar-refractivity contribution < 1.29 is 24.3 Å². The van der Waals surface area contributed by atoms with Crippen molar-refractivity contribution in [1.82, 2.24) is 16.0 Å². The maximum atomic E-state index is 11.9. The molecule has 0 bridgehead atoms. The lowest BCUT2D eigenvalue weighted by Gasteiger charge is -2.19. The highest BCUT2D eigenvalue weighted by molar-refractivity contribution is 5.92. The molecule has 3 amide bonds. The van der Waals surface area contributed by atoms with Gasteiger partial charge in [-0.05, 0) is 27.2 Å². The molecule has 0 spiro atoms. The van der Waals surface area contributed by atoms with Crippen molar-refractivity contribution in [2.75, 3.05) is 0 Å². The van der Waals surface area contributed by atoms with Crippen LogP contribution in [-0.4, -0.2) is 46.9 Å². The standard InChI is InChI=1S/C15H27N3O5/c1-5-6-7-8-12(19)16-9(2)13(20)17-10(3)14(21)18-11(4)15(22)23/h9-11H,5-8H2,1-4H3,(H,16,19)(H,17,20)(H,18,21)(H,22,23)/t9-,10-,11-/m0/s1. The number of unbranched alkanes of at least 4 members (excludes halogenated alkanes) is 2. The topological polar surface area (TPSA) is 125 Å². The van der Waals surface area contributed by atoms with Crippen LogP contribution in [-0.2, 0) is 19.2 Å². The predicted octanol–water partition coefficient (Wildman–Crippen LogP) is 0.165. The van der Waals surface area contributed by atoms with E-state index in [0.717, 1.165) is 19.3 Å². The second-order valence-corrected chi connectivity index (χ2v) is 5.55. The maximum Gasteiger partial charge on any atom is 0.325 e. The van der Waals surface area contributed by atoms with E-state index in [9.17, 15) is 19.2 Å². The van der Waals surface area contributed by atoms with E-state index < -0.39 is 35.9 Å². The second-order valence-electron chi connectivity index (χ2n) is 5.55. The van der Waals surface area contributed by atoms with Crippen molar-refractivity contribution in [1.29, 1.82) is 0 Å². The van der Waals surface area contributed by atoms with Crippen LogP contribution in [0.5, 0.6) is 0 Å². The van der Waals surface area contributed by atoms with E-state index in [-0.39, 0.29) is 5.91 Å². The zero-order valence-electron chi connectivity index (χ0n) is 14.1. The monoisotopic (exact) mass is 329 g/mol. The number of carbonyl (C=O) groups is 4. The molecule has 0 rings (SSSR count). The Hall–Kier alpha value is -2.12.